The number of amides is 1. The van der Waals surface area contributed by atoms with Gasteiger partial charge < -0.3 is 20.1 Å². The van der Waals surface area contributed by atoms with Crippen molar-refractivity contribution in [2.45, 2.75) is 51.0 Å². The highest BCUT2D eigenvalue weighted by atomic mass is 16.6. The van der Waals surface area contributed by atoms with E-state index in [1.54, 1.807) is 12.3 Å². The number of anilines is 2. The first-order valence-electron chi connectivity index (χ1n) is 11.6. The van der Waals surface area contributed by atoms with E-state index in [1.807, 2.05) is 6.92 Å². The second-order valence-corrected chi connectivity index (χ2v) is 9.11. The molecule has 0 bridgehead atoms. The summed E-state index contributed by atoms with van der Waals surface area (Å²) >= 11 is 0. The minimum Gasteiger partial charge on any atom is -0.444 e. The molecule has 2 aliphatic rings. The molecule has 1 aromatic carbocycles. The molecule has 3 heterocycles. The maximum Gasteiger partial charge on any atom is 0.417 e. The van der Waals surface area contributed by atoms with E-state index in [4.69, 9.17) is 4.74 Å². The molecule has 9 heteroatoms. The van der Waals surface area contributed by atoms with E-state index < -0.39 is 12.3 Å². The monoisotopic (exact) mass is 454 g/mol. The number of likely N-dealkylation sites (tertiary alicyclic amines) is 1. The third-order valence-corrected chi connectivity index (χ3v) is 6.78. The molecule has 0 saturated carbocycles. The standard InChI is InChI=1S/C24H34N6O3/c1-16(26-23-25-12-9-21(27-23)30-22(31)15-33-24(30)32)18-5-7-19(8-6-18)17(2)29-13-10-20(11-14-29)28(3)4/h5-9,12,16-17,20,22,31H,10-11,13-15H2,1-4H3,(H,25,26,27)/t16-,17?,22-/m0/s1. The van der Waals surface area contributed by atoms with Crippen LogP contribution in [0.5, 0.6) is 0 Å². The number of aromatic nitrogens is 2. The summed E-state index contributed by atoms with van der Waals surface area (Å²) in [5.41, 5.74) is 2.43. The molecule has 4 rings (SSSR count). The van der Waals surface area contributed by atoms with Crippen LogP contribution in [0.2, 0.25) is 0 Å². The fraction of sp³-hybridized carbons (Fsp3) is 0.542. The quantitative estimate of drug-likeness (QED) is 0.659. The molecule has 1 amide bonds. The fourth-order valence-electron chi connectivity index (χ4n) is 4.55. The third-order valence-electron chi connectivity index (χ3n) is 6.78. The Morgan fingerprint density at radius 1 is 1.12 bits per heavy atom. The molecule has 9 nitrogen and oxygen atoms in total. The van der Waals surface area contributed by atoms with Crippen molar-refractivity contribution in [2.24, 2.45) is 0 Å². The Kier molecular flexibility index (Phi) is 7.11. The molecule has 0 spiro atoms. The smallest absolute Gasteiger partial charge is 0.417 e. The fourth-order valence-corrected chi connectivity index (χ4v) is 4.55. The molecule has 2 N–H and O–H groups in total. The molecule has 178 valence electrons. The molecular weight excluding hydrogens is 420 g/mol. The Bertz CT molecular complexity index is 945. The summed E-state index contributed by atoms with van der Waals surface area (Å²) in [6.07, 6.45) is 2.32. The lowest BCUT2D eigenvalue weighted by Crippen LogP contribution is -2.42. The zero-order valence-corrected chi connectivity index (χ0v) is 19.8. The Hall–Kier alpha value is -2.75. The summed E-state index contributed by atoms with van der Waals surface area (Å²) in [5, 5.41) is 13.2. The molecule has 2 aromatic rings. The van der Waals surface area contributed by atoms with Crippen LogP contribution >= 0.6 is 0 Å². The van der Waals surface area contributed by atoms with Crippen molar-refractivity contribution < 1.29 is 14.6 Å². The first-order chi connectivity index (χ1) is 15.8. The number of rotatable bonds is 7. The highest BCUT2D eigenvalue weighted by molar-refractivity contribution is 5.88. The van der Waals surface area contributed by atoms with E-state index >= 15 is 0 Å². The van der Waals surface area contributed by atoms with Crippen LogP contribution < -0.4 is 10.2 Å². The minimum atomic E-state index is -1.04. The van der Waals surface area contributed by atoms with Gasteiger partial charge in [-0.2, -0.15) is 4.98 Å². The normalized spacial score (nSPS) is 21.8. The van der Waals surface area contributed by atoms with E-state index in [9.17, 15) is 9.90 Å². The van der Waals surface area contributed by atoms with Gasteiger partial charge in [-0.05, 0) is 58.0 Å². The second kappa shape index (κ2) is 10.0. The molecule has 2 aliphatic heterocycles. The molecule has 33 heavy (non-hydrogen) atoms. The number of carbonyl (C=O) groups is 1. The largest absolute Gasteiger partial charge is 0.444 e. The van der Waals surface area contributed by atoms with E-state index in [2.05, 4.69) is 70.4 Å². The number of cyclic esters (lactones) is 1. The van der Waals surface area contributed by atoms with Crippen molar-refractivity contribution in [1.29, 1.82) is 0 Å². The van der Waals surface area contributed by atoms with Gasteiger partial charge in [0.25, 0.3) is 0 Å². The van der Waals surface area contributed by atoms with Crippen LogP contribution in [-0.4, -0.2) is 77.0 Å². The number of piperidine rings is 1. The van der Waals surface area contributed by atoms with Crippen LogP contribution in [-0.2, 0) is 4.74 Å². The van der Waals surface area contributed by atoms with Gasteiger partial charge in [-0.15, -0.1) is 0 Å². The van der Waals surface area contributed by atoms with E-state index in [1.165, 1.54) is 18.4 Å². The molecule has 2 fully saturated rings. The molecule has 2 saturated heterocycles. The highest BCUT2D eigenvalue weighted by Gasteiger charge is 2.34. The summed E-state index contributed by atoms with van der Waals surface area (Å²) in [6, 6.07) is 11.3. The van der Waals surface area contributed by atoms with Crippen LogP contribution in [0.3, 0.4) is 0 Å². The molecule has 1 unspecified atom stereocenters. The van der Waals surface area contributed by atoms with Gasteiger partial charge in [0.15, 0.2) is 6.23 Å². The highest BCUT2D eigenvalue weighted by Crippen LogP contribution is 2.27. The van der Waals surface area contributed by atoms with Gasteiger partial charge in [-0.1, -0.05) is 24.3 Å². The topological polar surface area (TPSA) is 94.1 Å². The third kappa shape index (κ3) is 5.26. The number of aliphatic hydroxyl groups is 1. The molecular formula is C24H34N6O3. The van der Waals surface area contributed by atoms with Gasteiger partial charge in [0.05, 0.1) is 6.04 Å². The predicted molar refractivity (Wildman–Crippen MR) is 127 cm³/mol. The summed E-state index contributed by atoms with van der Waals surface area (Å²) in [7, 11) is 4.34. The lowest BCUT2D eigenvalue weighted by atomic mass is 9.98. The second-order valence-electron chi connectivity index (χ2n) is 9.11. The van der Waals surface area contributed by atoms with E-state index in [0.29, 0.717) is 23.8 Å². The lowest BCUT2D eigenvalue weighted by Gasteiger charge is -2.38. The van der Waals surface area contributed by atoms with Gasteiger partial charge in [-0.25, -0.2) is 14.7 Å². The zero-order valence-electron chi connectivity index (χ0n) is 19.8. The van der Waals surface area contributed by atoms with Gasteiger partial charge in [0, 0.05) is 31.4 Å². The van der Waals surface area contributed by atoms with Gasteiger partial charge in [-0.3, -0.25) is 4.90 Å². The Balaban J connectivity index is 1.37. The molecule has 0 radical (unpaired) electrons. The maximum atomic E-state index is 11.8. The maximum absolute atomic E-state index is 11.8. The number of hydrogen-bond donors (Lipinski definition) is 2. The molecule has 0 aliphatic carbocycles. The average Bonchev–Trinajstić information content (AvgIpc) is 3.16. The van der Waals surface area contributed by atoms with Crippen molar-refractivity contribution >= 4 is 17.9 Å². The van der Waals surface area contributed by atoms with Crippen molar-refractivity contribution in [3.63, 3.8) is 0 Å². The van der Waals surface area contributed by atoms with Crippen LogP contribution in [0.4, 0.5) is 16.6 Å². The Morgan fingerprint density at radius 2 is 1.79 bits per heavy atom. The van der Waals surface area contributed by atoms with Crippen LogP contribution in [0.25, 0.3) is 0 Å². The van der Waals surface area contributed by atoms with Crippen molar-refractivity contribution in [3.05, 3.63) is 47.7 Å². The number of benzene rings is 1. The van der Waals surface area contributed by atoms with Crippen molar-refractivity contribution in [1.82, 2.24) is 19.8 Å². The Morgan fingerprint density at radius 3 is 2.39 bits per heavy atom. The van der Waals surface area contributed by atoms with Crippen LogP contribution in [0, 0.1) is 0 Å². The number of carbonyl (C=O) groups excluding carboxylic acids is 1. The number of nitrogens with zero attached hydrogens (tertiary/aromatic N) is 5. The average molecular weight is 455 g/mol. The number of aliphatic hydroxyl groups excluding tert-OH is 1. The number of hydrogen-bond acceptors (Lipinski definition) is 8. The first-order valence-corrected chi connectivity index (χ1v) is 11.6. The Labute approximate surface area is 195 Å². The predicted octanol–water partition coefficient (Wildman–Crippen LogP) is 3.01. The van der Waals surface area contributed by atoms with Gasteiger partial charge >= 0.3 is 6.09 Å². The summed E-state index contributed by atoms with van der Waals surface area (Å²) in [5.74, 6) is 0.685. The summed E-state index contributed by atoms with van der Waals surface area (Å²) < 4.78 is 4.86. The van der Waals surface area contributed by atoms with Crippen LogP contribution in [0.15, 0.2) is 36.5 Å². The SMILES string of the molecule is CC(c1ccc([C@H](C)Nc2nccc(N3C(=O)OC[C@@H]3O)n2)cc1)N1CCC(N(C)C)CC1. The number of nitrogens with one attached hydrogen (secondary N) is 1. The van der Waals surface area contributed by atoms with E-state index in [-0.39, 0.29) is 12.6 Å². The molecule has 3 atom stereocenters. The van der Waals surface area contributed by atoms with E-state index in [0.717, 1.165) is 23.6 Å². The zero-order chi connectivity index (χ0) is 23.5. The van der Waals surface area contributed by atoms with Crippen LogP contribution in [0.1, 0.15) is 49.9 Å². The first kappa shape index (κ1) is 23.4. The summed E-state index contributed by atoms with van der Waals surface area (Å²) in [6.45, 7) is 6.50. The minimum absolute atomic E-state index is 0.0316. The van der Waals surface area contributed by atoms with Crippen molar-refractivity contribution in [2.75, 3.05) is 44.0 Å². The lowest BCUT2D eigenvalue weighted by molar-refractivity contribution is 0.115. The summed E-state index contributed by atoms with van der Waals surface area (Å²) in [4.78, 5) is 26.5. The molecule has 1 aromatic heterocycles. The van der Waals surface area contributed by atoms with Gasteiger partial charge in [0.2, 0.25) is 5.95 Å². The van der Waals surface area contributed by atoms with Gasteiger partial charge in [0.1, 0.15) is 12.4 Å². The van der Waals surface area contributed by atoms with Crippen molar-refractivity contribution in [3.8, 4) is 0 Å². The number of ether oxygens (including phenoxy) is 1.